The lowest BCUT2D eigenvalue weighted by molar-refractivity contribution is -0.0504. The number of nitriles is 1. The zero-order valence-corrected chi connectivity index (χ0v) is 23.5. The van der Waals surface area contributed by atoms with Crippen molar-refractivity contribution in [1.82, 2.24) is 20.6 Å². The number of nitrogens with one attached hydrogen (secondary N) is 2. The summed E-state index contributed by atoms with van der Waals surface area (Å²) in [5, 5.41) is 17.0. The molecule has 0 amide bonds. The van der Waals surface area contributed by atoms with E-state index in [0.29, 0.717) is 52.5 Å². The molecule has 1 atom stereocenters. The fourth-order valence-electron chi connectivity index (χ4n) is 6.15. The van der Waals surface area contributed by atoms with Crippen molar-refractivity contribution in [2.24, 2.45) is 0 Å². The van der Waals surface area contributed by atoms with Crippen molar-refractivity contribution < 1.29 is 22.4 Å². The van der Waals surface area contributed by atoms with E-state index in [9.17, 15) is 14.0 Å². The van der Waals surface area contributed by atoms with Crippen molar-refractivity contribution in [3.63, 3.8) is 0 Å². The van der Waals surface area contributed by atoms with Crippen LogP contribution in [-0.4, -0.2) is 35.7 Å². The number of benzene rings is 3. The summed E-state index contributed by atoms with van der Waals surface area (Å²) in [6.45, 7) is 1.38. The summed E-state index contributed by atoms with van der Waals surface area (Å²) in [4.78, 5) is 9.43. The first kappa shape index (κ1) is 27.3. The van der Waals surface area contributed by atoms with Gasteiger partial charge in [0.25, 0.3) is 0 Å². The molecule has 0 aliphatic carbocycles. The highest BCUT2D eigenvalue weighted by molar-refractivity contribution is 5.85. The Morgan fingerprint density at radius 2 is 1.81 bits per heavy atom. The number of hydrogen-bond acceptors (Lipinski definition) is 8. The maximum absolute atomic E-state index is 13.3. The Hall–Kier alpha value is -4.59. The van der Waals surface area contributed by atoms with Gasteiger partial charge >= 0.3 is 6.61 Å². The second kappa shape index (κ2) is 11.2. The Kier molecular flexibility index (Phi) is 7.13. The smallest absolute Gasteiger partial charge is 0.387 e. The molecule has 4 heterocycles. The molecule has 5 aromatic rings. The number of halogens is 2. The van der Waals surface area contributed by atoms with E-state index in [2.05, 4.69) is 21.7 Å². The minimum atomic E-state index is -2.95. The summed E-state index contributed by atoms with van der Waals surface area (Å²) in [5.74, 6) is 1.74. The molecule has 0 bridgehead atoms. The van der Waals surface area contributed by atoms with Crippen LogP contribution in [0.2, 0.25) is 0 Å². The van der Waals surface area contributed by atoms with Gasteiger partial charge in [0.1, 0.15) is 23.1 Å². The van der Waals surface area contributed by atoms with E-state index in [1.165, 1.54) is 6.07 Å². The lowest BCUT2D eigenvalue weighted by atomic mass is 9.91. The number of rotatable bonds is 7. The quantitative estimate of drug-likeness (QED) is 0.223. The Labute approximate surface area is 246 Å². The summed E-state index contributed by atoms with van der Waals surface area (Å²) >= 11 is 0. The SMILES string of the molecule is Cc1c(-c2nc3cc(CC4CCCN4)c(OC(F)F)cc3o2)cccc1-c1cccc(-c2nc3c(o2)CCNC3)c1C#N. The molecular weight excluding hydrogens is 552 g/mol. The van der Waals surface area contributed by atoms with Crippen molar-refractivity contribution in [3.8, 4) is 45.9 Å². The summed E-state index contributed by atoms with van der Waals surface area (Å²) < 4.78 is 43.6. The van der Waals surface area contributed by atoms with Gasteiger partial charge in [-0.15, -0.1) is 0 Å². The third-order valence-electron chi connectivity index (χ3n) is 8.28. The lowest BCUT2D eigenvalue weighted by Crippen LogP contribution is -2.24. The van der Waals surface area contributed by atoms with Crippen LogP contribution in [0.1, 0.15) is 41.0 Å². The summed E-state index contributed by atoms with van der Waals surface area (Å²) in [7, 11) is 0. The molecule has 8 nitrogen and oxygen atoms in total. The van der Waals surface area contributed by atoms with Crippen molar-refractivity contribution in [2.75, 3.05) is 13.1 Å². The number of aromatic nitrogens is 2. The van der Waals surface area contributed by atoms with E-state index < -0.39 is 6.61 Å². The highest BCUT2D eigenvalue weighted by Crippen LogP contribution is 2.39. The molecule has 0 spiro atoms. The van der Waals surface area contributed by atoms with Crippen LogP contribution >= 0.6 is 0 Å². The minimum Gasteiger partial charge on any atom is -0.441 e. The number of ether oxygens (including phenoxy) is 1. The van der Waals surface area contributed by atoms with Gasteiger partial charge in [0, 0.05) is 42.7 Å². The molecule has 1 fully saturated rings. The zero-order valence-electron chi connectivity index (χ0n) is 23.5. The van der Waals surface area contributed by atoms with Gasteiger partial charge in [-0.25, -0.2) is 9.97 Å². The predicted octanol–water partition coefficient (Wildman–Crippen LogP) is 6.54. The van der Waals surface area contributed by atoms with Crippen LogP contribution in [-0.2, 0) is 19.4 Å². The molecule has 218 valence electrons. The monoisotopic (exact) mass is 581 g/mol. The number of nitrogens with zero attached hydrogens (tertiary/aromatic N) is 3. The highest BCUT2D eigenvalue weighted by Gasteiger charge is 2.24. The molecule has 2 aromatic heterocycles. The highest BCUT2D eigenvalue weighted by atomic mass is 19.3. The first-order valence-corrected chi connectivity index (χ1v) is 14.4. The standard InChI is InChI=1S/C33H29F2N5O3/c1-18-21(23-8-3-9-24(25(23)16-36)32-40-27-17-37-12-10-28(27)41-32)6-2-7-22(18)31-39-26-14-19(13-20-5-4-11-38-20)29(43-33(34)35)15-30(26)42-31/h2-3,6-9,14-15,20,33,37-38H,4-5,10-13,17H2,1H3. The van der Waals surface area contributed by atoms with Crippen LogP contribution in [0, 0.1) is 18.3 Å². The second-order valence-electron chi connectivity index (χ2n) is 11.0. The molecule has 0 radical (unpaired) electrons. The van der Waals surface area contributed by atoms with Crippen LogP contribution in [0.5, 0.6) is 5.75 Å². The maximum Gasteiger partial charge on any atom is 0.387 e. The molecule has 2 aliphatic rings. The molecule has 7 rings (SSSR count). The van der Waals surface area contributed by atoms with E-state index in [4.69, 9.17) is 18.6 Å². The molecule has 0 saturated carbocycles. The van der Waals surface area contributed by atoms with Crippen LogP contribution in [0.25, 0.3) is 45.1 Å². The Morgan fingerprint density at radius 3 is 2.58 bits per heavy atom. The van der Waals surface area contributed by atoms with Crippen LogP contribution < -0.4 is 15.4 Å². The Morgan fingerprint density at radius 1 is 1.02 bits per heavy atom. The number of hydrogen-bond donors (Lipinski definition) is 2. The van der Waals surface area contributed by atoms with E-state index >= 15 is 0 Å². The van der Waals surface area contributed by atoms with E-state index in [-0.39, 0.29) is 11.8 Å². The maximum atomic E-state index is 13.3. The number of oxazole rings is 2. The Balaban J connectivity index is 1.28. The molecule has 1 unspecified atom stereocenters. The van der Waals surface area contributed by atoms with Crippen molar-refractivity contribution in [2.45, 2.75) is 51.8 Å². The van der Waals surface area contributed by atoms with Crippen LogP contribution in [0.4, 0.5) is 8.78 Å². The third kappa shape index (κ3) is 5.15. The number of alkyl halides is 2. The van der Waals surface area contributed by atoms with Gasteiger partial charge in [-0.05, 0) is 67.6 Å². The van der Waals surface area contributed by atoms with Crippen molar-refractivity contribution in [3.05, 3.63) is 76.7 Å². The molecule has 3 aromatic carbocycles. The molecule has 2 N–H and O–H groups in total. The topological polar surface area (TPSA) is 109 Å². The Bertz CT molecular complexity index is 1840. The van der Waals surface area contributed by atoms with Gasteiger partial charge in [-0.1, -0.05) is 24.3 Å². The predicted molar refractivity (Wildman–Crippen MR) is 157 cm³/mol. The zero-order chi connectivity index (χ0) is 29.5. The van der Waals surface area contributed by atoms with Gasteiger partial charge < -0.3 is 24.2 Å². The summed E-state index contributed by atoms with van der Waals surface area (Å²) in [6, 6.07) is 17.2. The van der Waals surface area contributed by atoms with E-state index in [0.717, 1.165) is 66.1 Å². The molecule has 43 heavy (non-hydrogen) atoms. The van der Waals surface area contributed by atoms with Gasteiger partial charge in [0.2, 0.25) is 11.8 Å². The average Bonchev–Trinajstić information content (AvgIpc) is 3.76. The van der Waals surface area contributed by atoms with Crippen molar-refractivity contribution >= 4 is 11.1 Å². The number of fused-ring (bicyclic) bond motifs is 2. The molecular formula is C33H29F2N5O3. The molecule has 2 aliphatic heterocycles. The lowest BCUT2D eigenvalue weighted by Gasteiger charge is -2.14. The first-order chi connectivity index (χ1) is 21.0. The first-order valence-electron chi connectivity index (χ1n) is 14.4. The van der Waals surface area contributed by atoms with Gasteiger partial charge in [-0.2, -0.15) is 14.0 Å². The van der Waals surface area contributed by atoms with Gasteiger partial charge in [-0.3, -0.25) is 0 Å². The average molecular weight is 582 g/mol. The van der Waals surface area contributed by atoms with E-state index in [1.807, 2.05) is 43.3 Å². The van der Waals surface area contributed by atoms with E-state index in [1.54, 1.807) is 6.07 Å². The fraction of sp³-hybridized carbons (Fsp3) is 0.303. The fourth-order valence-corrected chi connectivity index (χ4v) is 6.15. The molecule has 10 heteroatoms. The summed E-state index contributed by atoms with van der Waals surface area (Å²) in [6.07, 6.45) is 3.34. The third-order valence-corrected chi connectivity index (χ3v) is 8.28. The van der Waals surface area contributed by atoms with Crippen LogP contribution in [0.3, 0.4) is 0 Å². The minimum absolute atomic E-state index is 0.101. The summed E-state index contributed by atoms with van der Waals surface area (Å²) in [5.41, 5.74) is 6.73. The largest absolute Gasteiger partial charge is 0.441 e. The van der Waals surface area contributed by atoms with Gasteiger partial charge in [0.15, 0.2) is 5.58 Å². The van der Waals surface area contributed by atoms with Gasteiger partial charge in [0.05, 0.1) is 16.8 Å². The van der Waals surface area contributed by atoms with Crippen molar-refractivity contribution in [1.29, 1.82) is 5.26 Å². The van der Waals surface area contributed by atoms with Crippen LogP contribution in [0.15, 0.2) is 57.4 Å². The molecule has 1 saturated heterocycles. The normalized spacial score (nSPS) is 16.5. The second-order valence-corrected chi connectivity index (χ2v) is 11.0.